The molecule has 1 heterocycles. The van der Waals surface area contributed by atoms with Crippen LogP contribution in [0.1, 0.15) is 19.8 Å². The number of sulfone groups is 1. The predicted molar refractivity (Wildman–Crippen MR) is 85.0 cm³/mol. The molecule has 24 heavy (non-hydrogen) atoms. The number of rotatable bonds is 5. The maximum Gasteiger partial charge on any atom is 0.246 e. The van der Waals surface area contributed by atoms with Crippen molar-refractivity contribution in [3.63, 3.8) is 0 Å². The summed E-state index contributed by atoms with van der Waals surface area (Å²) in [7, 11) is -3.75. The van der Waals surface area contributed by atoms with E-state index in [-0.39, 0.29) is 24.5 Å². The van der Waals surface area contributed by atoms with Crippen LogP contribution in [-0.2, 0) is 19.4 Å². The van der Waals surface area contributed by atoms with Gasteiger partial charge in [-0.2, -0.15) is 0 Å². The molecule has 0 saturated carbocycles. The van der Waals surface area contributed by atoms with Gasteiger partial charge in [-0.25, -0.2) is 13.9 Å². The molecule has 1 aromatic carbocycles. The highest BCUT2D eigenvalue weighted by molar-refractivity contribution is 7.91. The van der Waals surface area contributed by atoms with Gasteiger partial charge in [-0.1, -0.05) is 5.92 Å². The van der Waals surface area contributed by atoms with Gasteiger partial charge < -0.3 is 9.47 Å². The molecule has 130 valence electrons. The Morgan fingerprint density at radius 2 is 2.12 bits per heavy atom. The van der Waals surface area contributed by atoms with Crippen LogP contribution in [0, 0.1) is 17.8 Å². The molecule has 1 saturated heterocycles. The summed E-state index contributed by atoms with van der Waals surface area (Å²) in [5, 5.41) is 8.70. The quantitative estimate of drug-likeness (QED) is 0.467. The van der Waals surface area contributed by atoms with Crippen LogP contribution in [0.3, 0.4) is 0 Å². The zero-order valence-electron chi connectivity index (χ0n) is 13.2. The molecule has 2 atom stereocenters. The zero-order valence-corrected chi connectivity index (χ0v) is 14.0. The van der Waals surface area contributed by atoms with Crippen molar-refractivity contribution in [1.29, 1.82) is 0 Å². The number of hydroxylamine groups is 1. The average molecular weight is 353 g/mol. The predicted octanol–water partition coefficient (Wildman–Crippen LogP) is 1.12. The molecule has 0 aromatic heterocycles. The Morgan fingerprint density at radius 3 is 2.75 bits per heavy atom. The molecule has 2 unspecified atom stereocenters. The summed E-state index contributed by atoms with van der Waals surface area (Å²) >= 11 is 0. The molecule has 7 nitrogen and oxygen atoms in total. The topological polar surface area (TPSA) is 102 Å². The molecular weight excluding hydrogens is 334 g/mol. The standard InChI is InChI=1S/C16H19NO6S/c1-2-3-9-22-13-4-6-14(7-5-13)24(20,21)15-11-12(8-10-23-15)16(18)17-19/h4-7,12,15,19H,8-11H2,1H3,(H,17,18). The van der Waals surface area contributed by atoms with Gasteiger partial charge in [0.05, 0.1) is 4.90 Å². The highest BCUT2D eigenvalue weighted by Gasteiger charge is 2.36. The molecule has 8 heteroatoms. The van der Waals surface area contributed by atoms with E-state index < -0.39 is 27.1 Å². The van der Waals surface area contributed by atoms with Gasteiger partial charge in [-0.15, -0.1) is 5.92 Å². The Morgan fingerprint density at radius 1 is 1.42 bits per heavy atom. The Hall–Kier alpha value is -2.08. The average Bonchev–Trinajstić information content (AvgIpc) is 2.62. The first-order chi connectivity index (χ1) is 11.5. The van der Waals surface area contributed by atoms with E-state index in [2.05, 4.69) is 11.8 Å². The Balaban J connectivity index is 2.11. The molecule has 2 rings (SSSR count). The first kappa shape index (κ1) is 18.3. The highest BCUT2D eigenvalue weighted by Crippen LogP contribution is 2.29. The van der Waals surface area contributed by atoms with Crippen LogP contribution in [0.25, 0.3) is 0 Å². The third-order valence-corrected chi connectivity index (χ3v) is 5.66. The molecule has 1 aliphatic heterocycles. The second kappa shape index (κ2) is 8.15. The van der Waals surface area contributed by atoms with Gasteiger partial charge >= 0.3 is 0 Å². The van der Waals surface area contributed by atoms with E-state index in [1.165, 1.54) is 12.1 Å². The van der Waals surface area contributed by atoms with Gasteiger partial charge in [0.1, 0.15) is 12.4 Å². The molecule has 0 spiro atoms. The first-order valence-corrected chi connectivity index (χ1v) is 8.95. The molecular formula is C16H19NO6S. The van der Waals surface area contributed by atoms with Crippen LogP contribution < -0.4 is 10.2 Å². The number of carbonyl (C=O) groups is 1. The third kappa shape index (κ3) is 4.26. The van der Waals surface area contributed by atoms with Crippen molar-refractivity contribution in [2.24, 2.45) is 5.92 Å². The van der Waals surface area contributed by atoms with Crippen molar-refractivity contribution in [1.82, 2.24) is 5.48 Å². The fourth-order valence-electron chi connectivity index (χ4n) is 2.37. The summed E-state index contributed by atoms with van der Waals surface area (Å²) in [5.74, 6) is 4.76. The van der Waals surface area contributed by atoms with Crippen molar-refractivity contribution >= 4 is 15.7 Å². The van der Waals surface area contributed by atoms with Crippen LogP contribution in [0.4, 0.5) is 0 Å². The number of benzene rings is 1. The third-order valence-electron chi connectivity index (χ3n) is 3.71. The number of hydrogen-bond acceptors (Lipinski definition) is 6. The number of ether oxygens (including phenoxy) is 2. The Labute approximate surface area is 140 Å². The monoisotopic (exact) mass is 353 g/mol. The van der Waals surface area contributed by atoms with E-state index in [9.17, 15) is 13.2 Å². The van der Waals surface area contributed by atoms with Crippen molar-refractivity contribution in [2.75, 3.05) is 13.2 Å². The minimum absolute atomic E-state index is 0.000925. The van der Waals surface area contributed by atoms with Crippen molar-refractivity contribution in [3.8, 4) is 17.6 Å². The van der Waals surface area contributed by atoms with Gasteiger partial charge in [0, 0.05) is 18.9 Å². The van der Waals surface area contributed by atoms with E-state index in [1.54, 1.807) is 24.5 Å². The fraction of sp³-hybridized carbons (Fsp3) is 0.438. The molecule has 1 amide bonds. The van der Waals surface area contributed by atoms with Crippen molar-refractivity contribution in [3.05, 3.63) is 24.3 Å². The van der Waals surface area contributed by atoms with Crippen molar-refractivity contribution in [2.45, 2.75) is 30.1 Å². The van der Waals surface area contributed by atoms with Crippen LogP contribution in [0.2, 0.25) is 0 Å². The largest absolute Gasteiger partial charge is 0.481 e. The molecule has 1 aromatic rings. The molecule has 2 N–H and O–H groups in total. The van der Waals surface area contributed by atoms with Crippen LogP contribution in [-0.4, -0.2) is 38.2 Å². The minimum Gasteiger partial charge on any atom is -0.481 e. The summed E-state index contributed by atoms with van der Waals surface area (Å²) in [6.07, 6.45) is 0.364. The van der Waals surface area contributed by atoms with Gasteiger partial charge in [-0.3, -0.25) is 10.0 Å². The summed E-state index contributed by atoms with van der Waals surface area (Å²) in [6.45, 7) is 2.07. The maximum absolute atomic E-state index is 12.6. The second-order valence-corrected chi connectivity index (χ2v) is 7.32. The lowest BCUT2D eigenvalue weighted by atomic mass is 10.00. The number of amides is 1. The van der Waals surface area contributed by atoms with E-state index in [4.69, 9.17) is 14.7 Å². The number of hydrogen-bond donors (Lipinski definition) is 2. The zero-order chi connectivity index (χ0) is 17.6. The smallest absolute Gasteiger partial charge is 0.246 e. The Bertz CT molecular complexity index is 732. The van der Waals surface area contributed by atoms with E-state index in [0.29, 0.717) is 12.2 Å². The molecule has 0 bridgehead atoms. The highest BCUT2D eigenvalue weighted by atomic mass is 32.2. The molecule has 0 aliphatic carbocycles. The summed E-state index contributed by atoms with van der Waals surface area (Å²) in [6, 6.07) is 5.96. The fourth-order valence-corrected chi connectivity index (χ4v) is 3.95. The van der Waals surface area contributed by atoms with E-state index in [1.807, 2.05) is 0 Å². The van der Waals surface area contributed by atoms with Crippen LogP contribution >= 0.6 is 0 Å². The van der Waals surface area contributed by atoms with Gasteiger partial charge in [0.2, 0.25) is 15.7 Å². The van der Waals surface area contributed by atoms with Gasteiger partial charge in [0.25, 0.3) is 0 Å². The lowest BCUT2D eigenvalue weighted by Gasteiger charge is -2.28. The Kier molecular flexibility index (Phi) is 6.20. The molecule has 0 radical (unpaired) electrons. The number of carbonyl (C=O) groups excluding carboxylic acids is 1. The van der Waals surface area contributed by atoms with E-state index >= 15 is 0 Å². The van der Waals surface area contributed by atoms with Crippen LogP contribution in [0.5, 0.6) is 5.75 Å². The van der Waals surface area contributed by atoms with Gasteiger partial charge in [0.15, 0.2) is 5.44 Å². The molecule has 1 aliphatic rings. The lowest BCUT2D eigenvalue weighted by molar-refractivity contribution is -0.136. The van der Waals surface area contributed by atoms with Crippen LogP contribution in [0.15, 0.2) is 29.2 Å². The van der Waals surface area contributed by atoms with E-state index in [0.717, 1.165) is 0 Å². The SMILES string of the molecule is CC#CCOc1ccc(S(=O)(=O)C2CC(C(=O)NO)CCO2)cc1. The summed E-state index contributed by atoms with van der Waals surface area (Å²) < 4.78 is 35.9. The first-order valence-electron chi connectivity index (χ1n) is 7.41. The molecule has 1 fully saturated rings. The second-order valence-electron chi connectivity index (χ2n) is 5.23. The van der Waals surface area contributed by atoms with Crippen molar-refractivity contribution < 1.29 is 27.9 Å². The van der Waals surface area contributed by atoms with Gasteiger partial charge in [-0.05, 0) is 37.6 Å². The number of nitrogens with one attached hydrogen (secondary N) is 1. The maximum atomic E-state index is 12.6. The summed E-state index contributed by atoms with van der Waals surface area (Å²) in [5.41, 5.74) is 0.442. The normalized spacial score (nSPS) is 20.6. The summed E-state index contributed by atoms with van der Waals surface area (Å²) in [4.78, 5) is 11.6. The lowest BCUT2D eigenvalue weighted by Crippen LogP contribution is -2.39. The minimum atomic E-state index is -3.75.